The van der Waals surface area contributed by atoms with Gasteiger partial charge in [-0.15, -0.1) is 0 Å². The van der Waals surface area contributed by atoms with Gasteiger partial charge in [-0.1, -0.05) is 35.3 Å². The average molecular weight is 287 g/mol. The van der Waals surface area contributed by atoms with Crippen LogP contribution in [-0.4, -0.2) is 9.97 Å². The van der Waals surface area contributed by atoms with Crippen LogP contribution < -0.4 is 11.5 Å². The lowest BCUT2D eigenvalue weighted by atomic mass is 10.0. The Balaban J connectivity index is 2.48. The molecule has 4 N–H and O–H groups in total. The van der Waals surface area contributed by atoms with Crippen LogP contribution in [0.4, 0.5) is 16.2 Å². The van der Waals surface area contributed by atoms with Gasteiger partial charge in [0.15, 0.2) is 6.17 Å². The number of benzene rings is 1. The van der Waals surface area contributed by atoms with Crippen LogP contribution in [0.15, 0.2) is 24.4 Å². The summed E-state index contributed by atoms with van der Waals surface area (Å²) in [6.45, 7) is 0. The van der Waals surface area contributed by atoms with Gasteiger partial charge in [0.25, 0.3) is 0 Å². The summed E-state index contributed by atoms with van der Waals surface area (Å²) >= 11 is 11.8. The molecule has 0 amide bonds. The minimum absolute atomic E-state index is 0.0133. The van der Waals surface area contributed by atoms with Crippen LogP contribution in [0.2, 0.25) is 10.0 Å². The van der Waals surface area contributed by atoms with Crippen molar-refractivity contribution in [3.63, 3.8) is 0 Å². The minimum Gasteiger partial charge on any atom is -0.383 e. The van der Waals surface area contributed by atoms with Crippen molar-refractivity contribution in [2.45, 2.75) is 6.17 Å². The van der Waals surface area contributed by atoms with Crippen molar-refractivity contribution in [2.75, 3.05) is 11.5 Å². The Hall–Kier alpha value is -1.59. The van der Waals surface area contributed by atoms with E-state index in [0.717, 1.165) is 0 Å². The molecule has 0 spiro atoms. The summed E-state index contributed by atoms with van der Waals surface area (Å²) in [5.41, 5.74) is 11.3. The van der Waals surface area contributed by atoms with Crippen LogP contribution in [0, 0.1) is 0 Å². The predicted octanol–water partition coefficient (Wildman–Crippen LogP) is 3.01. The summed E-state index contributed by atoms with van der Waals surface area (Å²) in [5.74, 6) is -0.0355. The highest BCUT2D eigenvalue weighted by molar-refractivity contribution is 6.42. The number of halogens is 3. The molecule has 7 heteroatoms. The van der Waals surface area contributed by atoms with Crippen molar-refractivity contribution in [2.24, 2.45) is 0 Å². The largest absolute Gasteiger partial charge is 0.383 e. The van der Waals surface area contributed by atoms with Crippen molar-refractivity contribution in [1.29, 1.82) is 0 Å². The lowest BCUT2D eigenvalue weighted by Crippen LogP contribution is -2.06. The molecular weight excluding hydrogens is 278 g/mol. The SMILES string of the molecule is Nc1ncc(C(F)c2cccc(Cl)c2Cl)c(N)n1. The first kappa shape index (κ1) is 12.9. The molecule has 4 nitrogen and oxygen atoms in total. The molecule has 1 aromatic carbocycles. The quantitative estimate of drug-likeness (QED) is 0.890. The maximum Gasteiger partial charge on any atom is 0.221 e. The predicted molar refractivity (Wildman–Crippen MR) is 70.3 cm³/mol. The molecular formula is C11H9Cl2FN4. The van der Waals surface area contributed by atoms with E-state index >= 15 is 0 Å². The van der Waals surface area contributed by atoms with Crippen molar-refractivity contribution in [3.05, 3.63) is 45.6 Å². The standard InChI is InChI=1S/C11H9Cl2FN4/c12-7-3-1-2-5(8(7)13)9(14)6-4-17-11(16)18-10(6)15/h1-4,9H,(H4,15,16,17,18). The molecule has 1 unspecified atom stereocenters. The number of alkyl halides is 1. The molecule has 0 aliphatic rings. The number of hydrogen-bond acceptors (Lipinski definition) is 4. The minimum atomic E-state index is -1.56. The first-order valence-corrected chi connectivity index (χ1v) is 5.72. The first-order chi connectivity index (χ1) is 8.50. The average Bonchev–Trinajstić information content (AvgIpc) is 2.32. The molecule has 1 aromatic heterocycles. The van der Waals surface area contributed by atoms with Crippen molar-refractivity contribution in [3.8, 4) is 0 Å². The Bertz CT molecular complexity index is 591. The van der Waals surface area contributed by atoms with Gasteiger partial charge in [0.2, 0.25) is 5.95 Å². The van der Waals surface area contributed by atoms with Crippen LogP contribution in [-0.2, 0) is 0 Å². The normalized spacial score (nSPS) is 12.4. The Morgan fingerprint density at radius 2 is 1.89 bits per heavy atom. The third kappa shape index (κ3) is 2.32. The van der Waals surface area contributed by atoms with E-state index in [1.165, 1.54) is 12.3 Å². The summed E-state index contributed by atoms with van der Waals surface area (Å²) in [4.78, 5) is 7.41. The fourth-order valence-corrected chi connectivity index (χ4v) is 1.90. The van der Waals surface area contributed by atoms with E-state index < -0.39 is 6.17 Å². The van der Waals surface area contributed by atoms with E-state index in [4.69, 9.17) is 34.7 Å². The molecule has 1 atom stereocenters. The number of nitrogens with two attached hydrogens (primary N) is 2. The van der Waals surface area contributed by atoms with Gasteiger partial charge in [-0.25, -0.2) is 9.37 Å². The summed E-state index contributed by atoms with van der Waals surface area (Å²) in [6.07, 6.45) is -0.323. The third-order valence-electron chi connectivity index (χ3n) is 2.39. The second-order valence-corrected chi connectivity index (χ2v) is 4.36. The molecule has 0 aliphatic heterocycles. The molecule has 0 aliphatic carbocycles. The highest BCUT2D eigenvalue weighted by atomic mass is 35.5. The number of nitrogens with zero attached hydrogens (tertiary/aromatic N) is 2. The monoisotopic (exact) mass is 286 g/mol. The lowest BCUT2D eigenvalue weighted by Gasteiger charge is -2.12. The Labute approximate surface area is 113 Å². The topological polar surface area (TPSA) is 77.8 Å². The molecule has 94 valence electrons. The molecule has 1 heterocycles. The van der Waals surface area contributed by atoms with Gasteiger partial charge < -0.3 is 11.5 Å². The fraction of sp³-hybridized carbons (Fsp3) is 0.0909. The van der Waals surface area contributed by atoms with Gasteiger partial charge in [0.05, 0.1) is 15.6 Å². The zero-order valence-corrected chi connectivity index (χ0v) is 10.6. The third-order valence-corrected chi connectivity index (χ3v) is 3.23. The zero-order valence-electron chi connectivity index (χ0n) is 9.07. The van der Waals surface area contributed by atoms with E-state index in [1.54, 1.807) is 12.1 Å². The van der Waals surface area contributed by atoms with Crippen molar-refractivity contribution in [1.82, 2.24) is 9.97 Å². The highest BCUT2D eigenvalue weighted by Crippen LogP contribution is 2.36. The number of anilines is 2. The molecule has 0 saturated carbocycles. The van der Waals surface area contributed by atoms with Crippen LogP contribution >= 0.6 is 23.2 Å². The second-order valence-electron chi connectivity index (χ2n) is 3.57. The number of nitrogen functional groups attached to an aromatic ring is 2. The Morgan fingerprint density at radius 1 is 1.17 bits per heavy atom. The van der Waals surface area contributed by atoms with E-state index in [2.05, 4.69) is 9.97 Å². The summed E-state index contributed by atoms with van der Waals surface area (Å²) in [7, 11) is 0. The van der Waals surface area contributed by atoms with E-state index in [-0.39, 0.29) is 32.9 Å². The number of aromatic nitrogens is 2. The first-order valence-electron chi connectivity index (χ1n) is 4.96. The molecule has 0 bridgehead atoms. The van der Waals surface area contributed by atoms with Crippen LogP contribution in [0.5, 0.6) is 0 Å². The van der Waals surface area contributed by atoms with Gasteiger partial charge in [-0.05, 0) is 6.07 Å². The van der Waals surface area contributed by atoms with Crippen molar-refractivity contribution >= 4 is 35.0 Å². The molecule has 2 aromatic rings. The molecule has 0 saturated heterocycles. The van der Waals surface area contributed by atoms with Gasteiger partial charge >= 0.3 is 0 Å². The smallest absolute Gasteiger partial charge is 0.221 e. The van der Waals surface area contributed by atoms with Crippen LogP contribution in [0.1, 0.15) is 17.3 Å². The van der Waals surface area contributed by atoms with Crippen LogP contribution in [0.25, 0.3) is 0 Å². The van der Waals surface area contributed by atoms with E-state index in [9.17, 15) is 4.39 Å². The van der Waals surface area contributed by atoms with E-state index in [1.807, 2.05) is 0 Å². The van der Waals surface area contributed by atoms with E-state index in [0.29, 0.717) is 0 Å². The Morgan fingerprint density at radius 3 is 2.56 bits per heavy atom. The summed E-state index contributed by atoms with van der Waals surface area (Å²) in [6, 6.07) is 4.70. The van der Waals surface area contributed by atoms with Crippen molar-refractivity contribution < 1.29 is 4.39 Å². The fourth-order valence-electron chi connectivity index (χ4n) is 1.50. The maximum atomic E-state index is 14.4. The highest BCUT2D eigenvalue weighted by Gasteiger charge is 2.21. The molecule has 18 heavy (non-hydrogen) atoms. The van der Waals surface area contributed by atoms with Crippen LogP contribution in [0.3, 0.4) is 0 Å². The molecule has 0 fully saturated rings. The zero-order chi connectivity index (χ0) is 13.3. The van der Waals surface area contributed by atoms with Gasteiger partial charge in [0.1, 0.15) is 5.82 Å². The van der Waals surface area contributed by atoms with Gasteiger partial charge in [-0.2, -0.15) is 4.98 Å². The lowest BCUT2D eigenvalue weighted by molar-refractivity contribution is 0.401. The maximum absolute atomic E-state index is 14.4. The summed E-state index contributed by atoms with van der Waals surface area (Å²) < 4.78 is 14.4. The molecule has 0 radical (unpaired) electrons. The van der Waals surface area contributed by atoms with Gasteiger partial charge in [-0.3, -0.25) is 0 Å². The number of rotatable bonds is 2. The second kappa shape index (κ2) is 4.96. The number of hydrogen-bond donors (Lipinski definition) is 2. The summed E-state index contributed by atoms with van der Waals surface area (Å²) in [5, 5.41) is 0.412. The molecule has 2 rings (SSSR count). The Kier molecular flexibility index (Phi) is 3.54. The van der Waals surface area contributed by atoms with Gasteiger partial charge in [0, 0.05) is 11.8 Å².